The fourth-order valence-electron chi connectivity index (χ4n) is 1.55. The molecule has 0 atom stereocenters. The molecule has 0 aliphatic heterocycles. The number of halogens is 2. The average molecular weight is 303 g/mol. The molecule has 2 rings (SSSR count). The second-order valence-corrected chi connectivity index (χ2v) is 6.65. The van der Waals surface area contributed by atoms with E-state index in [0.717, 1.165) is 4.88 Å². The Kier molecular flexibility index (Phi) is 4.16. The SMILES string of the molecule is O=S(=O)(c1ccccc1NCc1cccs1)C(F)F. The van der Waals surface area contributed by atoms with Gasteiger partial charge < -0.3 is 5.32 Å². The maximum Gasteiger partial charge on any atom is 0.341 e. The first-order chi connectivity index (χ1) is 9.01. The maximum atomic E-state index is 12.6. The van der Waals surface area contributed by atoms with E-state index >= 15 is 0 Å². The Balaban J connectivity index is 2.27. The van der Waals surface area contributed by atoms with Gasteiger partial charge in [0.1, 0.15) is 0 Å². The monoisotopic (exact) mass is 303 g/mol. The van der Waals surface area contributed by atoms with Crippen LogP contribution in [-0.2, 0) is 16.4 Å². The molecule has 1 aromatic carbocycles. The fourth-order valence-corrected chi connectivity index (χ4v) is 3.10. The molecule has 0 aliphatic carbocycles. The number of alkyl halides is 2. The van der Waals surface area contributed by atoms with Crippen molar-refractivity contribution in [1.82, 2.24) is 0 Å². The lowest BCUT2D eigenvalue weighted by atomic mass is 10.3. The third-order valence-corrected chi connectivity index (χ3v) is 4.78. The van der Waals surface area contributed by atoms with Crippen molar-refractivity contribution in [3.8, 4) is 0 Å². The third kappa shape index (κ3) is 3.10. The lowest BCUT2D eigenvalue weighted by Crippen LogP contribution is -2.14. The van der Waals surface area contributed by atoms with Crippen molar-refractivity contribution < 1.29 is 17.2 Å². The molecule has 1 N–H and O–H groups in total. The molecule has 1 aromatic heterocycles. The molecule has 3 nitrogen and oxygen atoms in total. The number of rotatable bonds is 5. The summed E-state index contributed by atoms with van der Waals surface area (Å²) in [6, 6.07) is 9.42. The van der Waals surface area contributed by atoms with Gasteiger partial charge in [-0.25, -0.2) is 8.42 Å². The van der Waals surface area contributed by atoms with Crippen LogP contribution < -0.4 is 5.32 Å². The van der Waals surface area contributed by atoms with Gasteiger partial charge in [0, 0.05) is 11.4 Å². The summed E-state index contributed by atoms with van der Waals surface area (Å²) < 4.78 is 48.2. The summed E-state index contributed by atoms with van der Waals surface area (Å²) in [5.41, 5.74) is 0.191. The Labute approximate surface area is 113 Å². The van der Waals surface area contributed by atoms with Crippen LogP contribution in [0.25, 0.3) is 0 Å². The highest BCUT2D eigenvalue weighted by Gasteiger charge is 2.28. The molecule has 7 heteroatoms. The Morgan fingerprint density at radius 1 is 1.16 bits per heavy atom. The van der Waals surface area contributed by atoms with Crippen molar-refractivity contribution in [2.75, 3.05) is 5.32 Å². The zero-order chi connectivity index (χ0) is 13.9. The van der Waals surface area contributed by atoms with E-state index < -0.39 is 15.6 Å². The standard InChI is InChI=1S/C12H11F2NO2S2/c13-12(14)19(16,17)11-6-2-1-5-10(11)15-8-9-4-3-7-18-9/h1-7,12,15H,8H2. The number of benzene rings is 1. The van der Waals surface area contributed by atoms with Gasteiger partial charge in [-0.15, -0.1) is 11.3 Å². The largest absolute Gasteiger partial charge is 0.379 e. The Hall–Kier alpha value is -1.47. The van der Waals surface area contributed by atoms with Crippen LogP contribution in [0.4, 0.5) is 14.5 Å². The molecular formula is C12H11F2NO2S2. The van der Waals surface area contributed by atoms with Crippen LogP contribution in [0.1, 0.15) is 4.88 Å². The molecule has 0 saturated heterocycles. The van der Waals surface area contributed by atoms with Crippen molar-refractivity contribution in [3.05, 3.63) is 46.7 Å². The van der Waals surface area contributed by atoms with Crippen molar-refractivity contribution in [2.24, 2.45) is 0 Å². The third-order valence-electron chi connectivity index (χ3n) is 2.46. The number of thiophene rings is 1. The highest BCUT2D eigenvalue weighted by Crippen LogP contribution is 2.26. The number of nitrogens with one attached hydrogen (secondary N) is 1. The molecule has 0 unspecified atom stereocenters. The first-order valence-corrected chi connectivity index (χ1v) is 7.82. The first-order valence-electron chi connectivity index (χ1n) is 5.39. The molecular weight excluding hydrogens is 292 g/mol. The lowest BCUT2D eigenvalue weighted by Gasteiger charge is -2.11. The fraction of sp³-hybridized carbons (Fsp3) is 0.167. The van der Waals surface area contributed by atoms with E-state index in [4.69, 9.17) is 0 Å². The van der Waals surface area contributed by atoms with Gasteiger partial charge in [0.25, 0.3) is 0 Å². The van der Waals surface area contributed by atoms with E-state index in [1.54, 1.807) is 6.07 Å². The van der Waals surface area contributed by atoms with E-state index in [1.807, 2.05) is 17.5 Å². The summed E-state index contributed by atoms with van der Waals surface area (Å²) in [5, 5.41) is 4.76. The van der Waals surface area contributed by atoms with E-state index in [1.165, 1.54) is 29.5 Å². The summed E-state index contributed by atoms with van der Waals surface area (Å²) in [6.07, 6.45) is 0. The maximum absolute atomic E-state index is 12.6. The Morgan fingerprint density at radius 3 is 2.53 bits per heavy atom. The van der Waals surface area contributed by atoms with E-state index in [2.05, 4.69) is 5.32 Å². The molecule has 0 amide bonds. The van der Waals surface area contributed by atoms with Crippen molar-refractivity contribution in [3.63, 3.8) is 0 Å². The van der Waals surface area contributed by atoms with Crippen molar-refractivity contribution in [2.45, 2.75) is 17.2 Å². The zero-order valence-electron chi connectivity index (χ0n) is 9.71. The molecule has 0 bridgehead atoms. The van der Waals surface area contributed by atoms with Crippen LogP contribution in [0.5, 0.6) is 0 Å². The van der Waals surface area contributed by atoms with Crippen LogP contribution >= 0.6 is 11.3 Å². The predicted molar refractivity (Wildman–Crippen MR) is 71.3 cm³/mol. The highest BCUT2D eigenvalue weighted by molar-refractivity contribution is 7.91. The van der Waals surface area contributed by atoms with E-state index in [9.17, 15) is 17.2 Å². The zero-order valence-corrected chi connectivity index (χ0v) is 11.3. The van der Waals surface area contributed by atoms with Crippen molar-refractivity contribution >= 4 is 26.9 Å². The number of sulfone groups is 1. The molecule has 0 spiro atoms. The molecule has 0 radical (unpaired) electrons. The van der Waals surface area contributed by atoms with Gasteiger partial charge in [0.2, 0.25) is 9.84 Å². The van der Waals surface area contributed by atoms with Crippen LogP contribution in [0, 0.1) is 0 Å². The minimum absolute atomic E-state index is 0.191. The molecule has 19 heavy (non-hydrogen) atoms. The first kappa shape index (κ1) is 14.0. The number of hydrogen-bond donors (Lipinski definition) is 1. The minimum atomic E-state index is -4.59. The Bertz CT molecular complexity index is 640. The summed E-state index contributed by atoms with van der Waals surface area (Å²) in [7, 11) is -4.59. The molecule has 102 valence electrons. The van der Waals surface area contributed by atoms with Crippen LogP contribution in [0.3, 0.4) is 0 Å². The average Bonchev–Trinajstić information content (AvgIpc) is 2.89. The number of hydrogen-bond acceptors (Lipinski definition) is 4. The second kappa shape index (κ2) is 5.66. The van der Waals surface area contributed by atoms with Gasteiger partial charge in [0.15, 0.2) is 0 Å². The lowest BCUT2D eigenvalue weighted by molar-refractivity contribution is 0.235. The van der Waals surface area contributed by atoms with Crippen LogP contribution in [0.15, 0.2) is 46.7 Å². The predicted octanol–water partition coefficient (Wildman–Crippen LogP) is 3.36. The van der Waals surface area contributed by atoms with Crippen molar-refractivity contribution in [1.29, 1.82) is 0 Å². The number of para-hydroxylation sites is 1. The smallest absolute Gasteiger partial charge is 0.341 e. The molecule has 1 heterocycles. The quantitative estimate of drug-likeness (QED) is 0.921. The van der Waals surface area contributed by atoms with Gasteiger partial charge >= 0.3 is 5.76 Å². The second-order valence-electron chi connectivity index (χ2n) is 3.73. The summed E-state index contributed by atoms with van der Waals surface area (Å²) >= 11 is 1.50. The molecule has 2 aromatic rings. The summed E-state index contributed by atoms with van der Waals surface area (Å²) in [4.78, 5) is 0.616. The van der Waals surface area contributed by atoms with E-state index in [0.29, 0.717) is 6.54 Å². The minimum Gasteiger partial charge on any atom is -0.379 e. The van der Waals surface area contributed by atoms with Crippen LogP contribution in [-0.4, -0.2) is 14.2 Å². The molecule has 0 aliphatic rings. The number of anilines is 1. The summed E-state index contributed by atoms with van der Waals surface area (Å²) in [5.74, 6) is -3.42. The summed E-state index contributed by atoms with van der Waals surface area (Å²) in [6.45, 7) is 0.396. The molecule has 0 fully saturated rings. The normalized spacial score (nSPS) is 11.7. The van der Waals surface area contributed by atoms with Gasteiger partial charge in [0.05, 0.1) is 10.6 Å². The van der Waals surface area contributed by atoms with Gasteiger partial charge in [-0.2, -0.15) is 8.78 Å². The highest BCUT2D eigenvalue weighted by atomic mass is 32.2. The molecule has 0 saturated carbocycles. The van der Waals surface area contributed by atoms with Gasteiger partial charge in [-0.1, -0.05) is 18.2 Å². The van der Waals surface area contributed by atoms with Gasteiger partial charge in [-0.05, 0) is 23.6 Å². The van der Waals surface area contributed by atoms with E-state index in [-0.39, 0.29) is 10.6 Å². The van der Waals surface area contributed by atoms with Gasteiger partial charge in [-0.3, -0.25) is 0 Å². The van der Waals surface area contributed by atoms with Crippen LogP contribution in [0.2, 0.25) is 0 Å². The Morgan fingerprint density at radius 2 is 1.89 bits per heavy atom. The topological polar surface area (TPSA) is 46.2 Å².